The van der Waals surface area contributed by atoms with Gasteiger partial charge in [0.1, 0.15) is 0 Å². The van der Waals surface area contributed by atoms with Crippen molar-refractivity contribution in [3.8, 4) is 11.8 Å². The molecule has 1 aromatic heterocycles. The molecule has 0 amide bonds. The first-order chi connectivity index (χ1) is 8.56. The highest BCUT2D eigenvalue weighted by atomic mass is 79.9. The van der Waals surface area contributed by atoms with Crippen molar-refractivity contribution in [1.29, 1.82) is 0 Å². The highest BCUT2D eigenvalue weighted by molar-refractivity contribution is 9.10. The van der Waals surface area contributed by atoms with Crippen LogP contribution in [0, 0.1) is 0 Å². The smallest absolute Gasteiger partial charge is 0.354 e. The van der Waals surface area contributed by atoms with Crippen LogP contribution in [0.5, 0.6) is 11.8 Å². The minimum Gasteiger partial charge on any atom is -0.477 e. The maximum atomic E-state index is 10.7. The van der Waals surface area contributed by atoms with Gasteiger partial charge in [-0.15, -0.1) is 0 Å². The fourth-order valence-electron chi connectivity index (χ4n) is 1.16. The van der Waals surface area contributed by atoms with Gasteiger partial charge in [0.25, 0.3) is 0 Å². The van der Waals surface area contributed by atoms with Gasteiger partial charge in [0, 0.05) is 10.7 Å². The number of ether oxygens (including phenoxy) is 1. The Hall–Kier alpha value is -1.66. The fourth-order valence-corrected chi connectivity index (χ4v) is 1.66. The number of carboxylic acids is 1. The first-order valence-electron chi connectivity index (χ1n) is 4.75. The molecule has 0 saturated heterocycles. The zero-order valence-electron chi connectivity index (χ0n) is 8.80. The summed E-state index contributed by atoms with van der Waals surface area (Å²) >= 11 is 9.20. The molecule has 0 unspecified atom stereocenters. The second kappa shape index (κ2) is 5.32. The summed E-state index contributed by atoms with van der Waals surface area (Å²) in [7, 11) is 0. The monoisotopic (exact) mass is 328 g/mol. The molecule has 0 radical (unpaired) electrons. The molecule has 2 aromatic rings. The molecule has 92 valence electrons. The number of nitrogens with zero attached hydrogens (tertiary/aromatic N) is 2. The number of aromatic carboxylic acids is 1. The second-order valence-corrected chi connectivity index (χ2v) is 4.53. The van der Waals surface area contributed by atoms with E-state index in [1.807, 2.05) is 0 Å². The summed E-state index contributed by atoms with van der Waals surface area (Å²) in [6.07, 6.45) is 1.30. The Morgan fingerprint density at radius 3 is 2.89 bits per heavy atom. The van der Waals surface area contributed by atoms with Crippen molar-refractivity contribution in [1.82, 2.24) is 9.97 Å². The van der Waals surface area contributed by atoms with E-state index < -0.39 is 5.97 Å². The van der Waals surface area contributed by atoms with Gasteiger partial charge < -0.3 is 9.84 Å². The lowest BCUT2D eigenvalue weighted by Gasteiger charge is -2.06. The van der Waals surface area contributed by atoms with E-state index >= 15 is 0 Å². The first-order valence-corrected chi connectivity index (χ1v) is 5.92. The van der Waals surface area contributed by atoms with E-state index in [1.54, 1.807) is 18.2 Å². The van der Waals surface area contributed by atoms with E-state index in [2.05, 4.69) is 25.9 Å². The Kier molecular flexibility index (Phi) is 3.78. The highest BCUT2D eigenvalue weighted by Crippen LogP contribution is 2.30. The second-order valence-electron chi connectivity index (χ2n) is 3.21. The van der Waals surface area contributed by atoms with Crippen molar-refractivity contribution in [3.63, 3.8) is 0 Å². The van der Waals surface area contributed by atoms with Crippen LogP contribution in [0.25, 0.3) is 0 Å². The molecule has 1 heterocycles. The van der Waals surface area contributed by atoms with E-state index in [1.165, 1.54) is 12.3 Å². The summed E-state index contributed by atoms with van der Waals surface area (Å²) in [5.74, 6) is -0.809. The molecule has 0 spiro atoms. The van der Waals surface area contributed by atoms with Crippen LogP contribution in [0.2, 0.25) is 5.02 Å². The molecule has 1 N–H and O–H groups in total. The largest absolute Gasteiger partial charge is 0.477 e. The van der Waals surface area contributed by atoms with Crippen molar-refractivity contribution in [2.24, 2.45) is 0 Å². The van der Waals surface area contributed by atoms with Gasteiger partial charge in [-0.25, -0.2) is 9.78 Å². The minimum absolute atomic E-state index is 0.0742. The van der Waals surface area contributed by atoms with Gasteiger partial charge in [-0.1, -0.05) is 27.5 Å². The van der Waals surface area contributed by atoms with Crippen LogP contribution < -0.4 is 4.74 Å². The topological polar surface area (TPSA) is 72.3 Å². The average Bonchev–Trinajstić information content (AvgIpc) is 2.34. The summed E-state index contributed by atoms with van der Waals surface area (Å²) in [6.45, 7) is 0. The molecule has 0 saturated carbocycles. The van der Waals surface area contributed by atoms with Crippen molar-refractivity contribution in [3.05, 3.63) is 45.7 Å². The lowest BCUT2D eigenvalue weighted by Crippen LogP contribution is -2.02. The molecular formula is C11H6BrClN2O3. The summed E-state index contributed by atoms with van der Waals surface area (Å²) in [5.41, 5.74) is -0.147. The van der Waals surface area contributed by atoms with E-state index in [0.29, 0.717) is 10.8 Å². The van der Waals surface area contributed by atoms with Crippen molar-refractivity contribution in [2.45, 2.75) is 0 Å². The van der Waals surface area contributed by atoms with Crippen LogP contribution in [0.15, 0.2) is 34.9 Å². The van der Waals surface area contributed by atoms with Gasteiger partial charge in [0.05, 0.1) is 5.02 Å². The predicted octanol–water partition coefficient (Wildman–Crippen LogP) is 3.38. The van der Waals surface area contributed by atoms with Gasteiger partial charge in [0.2, 0.25) is 0 Å². The van der Waals surface area contributed by atoms with E-state index in [4.69, 9.17) is 21.4 Å². The van der Waals surface area contributed by atoms with Crippen LogP contribution in [-0.4, -0.2) is 21.0 Å². The van der Waals surface area contributed by atoms with E-state index in [0.717, 1.165) is 4.47 Å². The predicted molar refractivity (Wildman–Crippen MR) is 68.2 cm³/mol. The molecule has 0 aliphatic heterocycles. The third kappa shape index (κ3) is 2.96. The van der Waals surface area contributed by atoms with Crippen molar-refractivity contribution < 1.29 is 14.6 Å². The van der Waals surface area contributed by atoms with Gasteiger partial charge in [0.15, 0.2) is 11.4 Å². The van der Waals surface area contributed by atoms with Gasteiger partial charge in [-0.05, 0) is 24.3 Å². The Labute approximate surface area is 116 Å². The van der Waals surface area contributed by atoms with Crippen molar-refractivity contribution in [2.75, 3.05) is 0 Å². The minimum atomic E-state index is -1.15. The van der Waals surface area contributed by atoms with Crippen LogP contribution in [-0.2, 0) is 0 Å². The molecular weight excluding hydrogens is 323 g/mol. The number of halogens is 2. The molecule has 5 nitrogen and oxygen atoms in total. The molecule has 0 aliphatic rings. The Bertz CT molecular complexity index is 607. The lowest BCUT2D eigenvalue weighted by atomic mass is 10.3. The summed E-state index contributed by atoms with van der Waals surface area (Å²) in [4.78, 5) is 18.3. The molecule has 0 atom stereocenters. The Morgan fingerprint density at radius 1 is 1.39 bits per heavy atom. The molecule has 2 rings (SSSR count). The molecule has 18 heavy (non-hydrogen) atoms. The quantitative estimate of drug-likeness (QED) is 0.934. The Morgan fingerprint density at radius 2 is 2.17 bits per heavy atom. The molecule has 7 heteroatoms. The number of aromatic nitrogens is 2. The average molecular weight is 330 g/mol. The van der Waals surface area contributed by atoms with Gasteiger partial charge in [-0.3, -0.25) is 0 Å². The summed E-state index contributed by atoms with van der Waals surface area (Å²) in [6, 6.07) is 6.23. The number of benzene rings is 1. The zero-order valence-corrected chi connectivity index (χ0v) is 11.1. The van der Waals surface area contributed by atoms with Crippen LogP contribution in [0.1, 0.15) is 10.5 Å². The highest BCUT2D eigenvalue weighted by Gasteiger charge is 2.09. The van der Waals surface area contributed by atoms with Gasteiger partial charge in [-0.2, -0.15) is 4.98 Å². The summed E-state index contributed by atoms with van der Waals surface area (Å²) < 4.78 is 6.11. The SMILES string of the molecule is O=C(O)c1ccnc(Oc2cc(Br)ccc2Cl)n1. The maximum absolute atomic E-state index is 10.7. The molecule has 0 bridgehead atoms. The standard InChI is InChI=1S/C11H6BrClN2O3/c12-6-1-2-7(13)9(5-6)18-11-14-4-3-8(15-11)10(16)17/h1-5H,(H,16,17). The third-order valence-corrected chi connectivity index (χ3v) is 2.75. The van der Waals surface area contributed by atoms with Crippen molar-refractivity contribution >= 4 is 33.5 Å². The molecule has 0 fully saturated rings. The maximum Gasteiger partial charge on any atom is 0.354 e. The number of rotatable bonds is 3. The van der Waals surface area contributed by atoms with E-state index in [9.17, 15) is 4.79 Å². The van der Waals surface area contributed by atoms with Crippen LogP contribution in [0.4, 0.5) is 0 Å². The first kappa shape index (κ1) is 12.8. The number of carbonyl (C=O) groups is 1. The fraction of sp³-hybridized carbons (Fsp3) is 0. The van der Waals surface area contributed by atoms with Gasteiger partial charge >= 0.3 is 12.0 Å². The lowest BCUT2D eigenvalue weighted by molar-refractivity contribution is 0.0689. The normalized spacial score (nSPS) is 10.1. The number of carboxylic acid groups (broad SMARTS) is 1. The Balaban J connectivity index is 2.31. The number of hydrogen-bond donors (Lipinski definition) is 1. The third-order valence-electron chi connectivity index (χ3n) is 1.95. The van der Waals surface area contributed by atoms with Crippen LogP contribution >= 0.6 is 27.5 Å². The molecule has 1 aromatic carbocycles. The summed E-state index contributed by atoms with van der Waals surface area (Å²) in [5, 5.41) is 9.17. The zero-order chi connectivity index (χ0) is 13.1. The molecule has 0 aliphatic carbocycles. The van der Waals surface area contributed by atoms with Crippen LogP contribution in [0.3, 0.4) is 0 Å². The van der Waals surface area contributed by atoms with E-state index in [-0.39, 0.29) is 11.7 Å². The number of hydrogen-bond acceptors (Lipinski definition) is 4.